The van der Waals surface area contributed by atoms with Crippen molar-refractivity contribution in [1.29, 1.82) is 0 Å². The monoisotopic (exact) mass is 451 g/mol. The van der Waals surface area contributed by atoms with E-state index in [1.807, 2.05) is 24.0 Å². The minimum Gasteiger partial charge on any atom is -0.494 e. The zero-order valence-electron chi connectivity index (χ0n) is 18.6. The van der Waals surface area contributed by atoms with E-state index >= 15 is 0 Å². The molecule has 1 saturated heterocycles. The number of rotatable bonds is 10. The second-order valence-corrected chi connectivity index (χ2v) is 8.23. The van der Waals surface area contributed by atoms with Gasteiger partial charge in [0.05, 0.1) is 6.61 Å². The number of carbonyl (C=O) groups excluding carboxylic acids is 1. The first-order valence-corrected chi connectivity index (χ1v) is 11.0. The zero-order chi connectivity index (χ0) is 23.1. The normalized spacial score (nSPS) is 15.1. The van der Waals surface area contributed by atoms with Gasteiger partial charge < -0.3 is 25.2 Å². The zero-order valence-corrected chi connectivity index (χ0v) is 18.6. The van der Waals surface area contributed by atoms with Gasteiger partial charge in [0, 0.05) is 38.7 Å². The smallest absolute Gasteiger partial charge is 0.322 e. The number of nitrogens with two attached hydrogens (primary N) is 1. The highest BCUT2D eigenvalue weighted by Gasteiger charge is 2.33. The minimum atomic E-state index is -3.13. The maximum atomic E-state index is 13.3. The van der Waals surface area contributed by atoms with Crippen molar-refractivity contribution in [3.8, 4) is 5.75 Å². The number of aromatic nitrogens is 2. The van der Waals surface area contributed by atoms with E-state index in [4.69, 9.17) is 10.5 Å². The van der Waals surface area contributed by atoms with Crippen LogP contribution in [0.3, 0.4) is 0 Å². The van der Waals surface area contributed by atoms with E-state index in [9.17, 15) is 13.6 Å². The number of benzene rings is 1. The Morgan fingerprint density at radius 2 is 2.12 bits per heavy atom. The second kappa shape index (κ2) is 10.7. The Hall–Kier alpha value is -2.75. The molecule has 0 unspecified atom stereocenters. The summed E-state index contributed by atoms with van der Waals surface area (Å²) in [7, 11) is 0. The van der Waals surface area contributed by atoms with Crippen LogP contribution in [0.1, 0.15) is 54.4 Å². The third kappa shape index (κ3) is 6.38. The summed E-state index contributed by atoms with van der Waals surface area (Å²) in [6.45, 7) is 5.50. The molecular formula is C22H31F2N5O3. The highest BCUT2D eigenvalue weighted by molar-refractivity contribution is 5.95. The Balaban J connectivity index is 1.37. The summed E-state index contributed by atoms with van der Waals surface area (Å²) in [5.74, 6) is -2.38. The van der Waals surface area contributed by atoms with E-state index in [1.54, 1.807) is 6.07 Å². The van der Waals surface area contributed by atoms with E-state index in [0.29, 0.717) is 44.3 Å². The number of anilines is 1. The molecule has 8 nitrogen and oxygen atoms in total. The number of piperidine rings is 1. The second-order valence-electron chi connectivity index (χ2n) is 8.23. The Bertz CT molecular complexity index is 892. The van der Waals surface area contributed by atoms with Crippen molar-refractivity contribution in [2.24, 2.45) is 11.7 Å². The standard InChI is InChI=1S/C22H31F2N5O3/c1-15-14-17(5-6-18(15)19(30)26-10-9-25)31-13-3-4-16-7-11-29(12-8-16)21-27-20(32-28-21)22(2,23)24/h5-6,14,16H,3-4,7-13,25H2,1-2H3,(H,26,30). The molecule has 0 spiro atoms. The van der Waals surface area contributed by atoms with Crippen LogP contribution in [0.4, 0.5) is 14.7 Å². The van der Waals surface area contributed by atoms with Crippen LogP contribution in [0.25, 0.3) is 0 Å². The van der Waals surface area contributed by atoms with Crippen molar-refractivity contribution in [2.75, 3.05) is 37.7 Å². The fraction of sp³-hybridized carbons (Fsp3) is 0.591. The fourth-order valence-corrected chi connectivity index (χ4v) is 3.77. The number of alkyl halides is 2. The van der Waals surface area contributed by atoms with Gasteiger partial charge in [-0.15, -0.1) is 0 Å². The molecule has 1 amide bonds. The number of hydrogen-bond acceptors (Lipinski definition) is 7. The van der Waals surface area contributed by atoms with Gasteiger partial charge in [0.1, 0.15) is 5.75 Å². The van der Waals surface area contributed by atoms with Crippen molar-refractivity contribution in [1.82, 2.24) is 15.5 Å². The van der Waals surface area contributed by atoms with Crippen LogP contribution in [0.15, 0.2) is 22.7 Å². The number of hydrogen-bond donors (Lipinski definition) is 2. The third-order valence-electron chi connectivity index (χ3n) is 5.59. The third-order valence-corrected chi connectivity index (χ3v) is 5.59. The van der Waals surface area contributed by atoms with Gasteiger partial charge in [0.15, 0.2) is 0 Å². The molecular weight excluding hydrogens is 420 g/mol. The topological polar surface area (TPSA) is 107 Å². The SMILES string of the molecule is Cc1cc(OCCCC2CCN(c3noc(C(C)(F)F)n3)CC2)ccc1C(=O)NCCN. The molecule has 1 fully saturated rings. The number of nitrogens with one attached hydrogen (secondary N) is 1. The highest BCUT2D eigenvalue weighted by Crippen LogP contribution is 2.29. The number of halogens is 2. The molecule has 1 aliphatic heterocycles. The first-order valence-electron chi connectivity index (χ1n) is 11.0. The lowest BCUT2D eigenvalue weighted by atomic mass is 9.92. The first-order chi connectivity index (χ1) is 15.3. The van der Waals surface area contributed by atoms with Gasteiger partial charge in [0.25, 0.3) is 17.7 Å². The van der Waals surface area contributed by atoms with Gasteiger partial charge in [0.2, 0.25) is 0 Å². The van der Waals surface area contributed by atoms with Crippen LogP contribution in [0, 0.1) is 12.8 Å². The summed E-state index contributed by atoms with van der Waals surface area (Å²) in [6.07, 6.45) is 3.82. The average Bonchev–Trinajstić information content (AvgIpc) is 3.26. The Kier molecular flexibility index (Phi) is 8.00. The van der Waals surface area contributed by atoms with E-state index in [0.717, 1.165) is 43.9 Å². The summed E-state index contributed by atoms with van der Waals surface area (Å²) in [5, 5.41) is 6.45. The van der Waals surface area contributed by atoms with Crippen molar-refractivity contribution in [3.05, 3.63) is 35.2 Å². The van der Waals surface area contributed by atoms with E-state index in [2.05, 4.69) is 20.0 Å². The fourth-order valence-electron chi connectivity index (χ4n) is 3.77. The van der Waals surface area contributed by atoms with E-state index < -0.39 is 11.8 Å². The molecule has 3 N–H and O–H groups in total. The predicted octanol–water partition coefficient (Wildman–Crippen LogP) is 3.25. The van der Waals surface area contributed by atoms with Crippen LogP contribution in [0.5, 0.6) is 5.75 Å². The minimum absolute atomic E-state index is 0.133. The molecule has 0 aliphatic carbocycles. The molecule has 2 aromatic rings. The lowest BCUT2D eigenvalue weighted by Crippen LogP contribution is -2.34. The number of aryl methyl sites for hydroxylation is 1. The van der Waals surface area contributed by atoms with Gasteiger partial charge in [-0.05, 0) is 67.4 Å². The molecule has 1 aromatic carbocycles. The largest absolute Gasteiger partial charge is 0.494 e. The van der Waals surface area contributed by atoms with Crippen molar-refractivity contribution in [2.45, 2.75) is 45.5 Å². The molecule has 0 atom stereocenters. The predicted molar refractivity (Wildman–Crippen MR) is 116 cm³/mol. The van der Waals surface area contributed by atoms with Gasteiger partial charge in [-0.3, -0.25) is 4.79 Å². The highest BCUT2D eigenvalue weighted by atomic mass is 19.3. The van der Waals surface area contributed by atoms with Crippen LogP contribution in [-0.2, 0) is 5.92 Å². The van der Waals surface area contributed by atoms with Crippen LogP contribution in [0.2, 0.25) is 0 Å². The Morgan fingerprint density at radius 1 is 1.38 bits per heavy atom. The van der Waals surface area contributed by atoms with Crippen LogP contribution in [-0.4, -0.2) is 48.8 Å². The van der Waals surface area contributed by atoms with Crippen LogP contribution >= 0.6 is 0 Å². The number of ether oxygens (including phenoxy) is 1. The lowest BCUT2D eigenvalue weighted by Gasteiger charge is -2.30. The summed E-state index contributed by atoms with van der Waals surface area (Å²) in [6, 6.07) is 5.45. The van der Waals surface area contributed by atoms with Gasteiger partial charge in [-0.1, -0.05) is 0 Å². The Labute approximate surface area is 186 Å². The summed E-state index contributed by atoms with van der Waals surface area (Å²) < 4.78 is 37.1. The van der Waals surface area contributed by atoms with Gasteiger partial charge in [-0.25, -0.2) is 0 Å². The molecule has 3 rings (SSSR count). The molecule has 32 heavy (non-hydrogen) atoms. The van der Waals surface area contributed by atoms with Crippen molar-refractivity contribution >= 4 is 11.9 Å². The molecule has 0 saturated carbocycles. The molecule has 2 heterocycles. The Morgan fingerprint density at radius 3 is 2.75 bits per heavy atom. The first kappa shape index (κ1) is 23.9. The van der Waals surface area contributed by atoms with Crippen molar-refractivity contribution in [3.63, 3.8) is 0 Å². The number of amides is 1. The van der Waals surface area contributed by atoms with Crippen LogP contribution < -0.4 is 20.7 Å². The van der Waals surface area contributed by atoms with E-state index in [-0.39, 0.29) is 11.9 Å². The maximum absolute atomic E-state index is 13.3. The van der Waals surface area contributed by atoms with Crippen molar-refractivity contribution < 1.29 is 22.8 Å². The molecule has 0 bridgehead atoms. The summed E-state index contributed by atoms with van der Waals surface area (Å²) in [4.78, 5) is 17.8. The molecule has 10 heteroatoms. The number of carbonyl (C=O) groups is 1. The summed E-state index contributed by atoms with van der Waals surface area (Å²) >= 11 is 0. The molecule has 1 aromatic heterocycles. The number of nitrogens with zero attached hydrogens (tertiary/aromatic N) is 3. The van der Waals surface area contributed by atoms with E-state index in [1.165, 1.54) is 0 Å². The molecule has 176 valence electrons. The molecule has 1 aliphatic rings. The summed E-state index contributed by atoms with van der Waals surface area (Å²) in [5.41, 5.74) is 6.89. The average molecular weight is 452 g/mol. The maximum Gasteiger partial charge on any atom is 0.322 e. The van der Waals surface area contributed by atoms with Gasteiger partial charge in [-0.2, -0.15) is 13.8 Å². The molecule has 0 radical (unpaired) electrons. The lowest BCUT2D eigenvalue weighted by molar-refractivity contribution is -0.0158. The quantitative estimate of drug-likeness (QED) is 0.534. The van der Waals surface area contributed by atoms with Gasteiger partial charge >= 0.3 is 5.92 Å².